The smallest absolute Gasteiger partial charge is 0.162 e. The summed E-state index contributed by atoms with van der Waals surface area (Å²) in [4.78, 5) is 12.3. The molecule has 0 radical (unpaired) electrons. The van der Waals surface area contributed by atoms with Gasteiger partial charge in [0.05, 0.1) is 5.69 Å². The van der Waals surface area contributed by atoms with Crippen LogP contribution in [-0.2, 0) is 0 Å². The van der Waals surface area contributed by atoms with Crippen LogP contribution in [-0.4, -0.2) is 24.6 Å². The van der Waals surface area contributed by atoms with E-state index in [4.69, 9.17) is 10.7 Å². The molecule has 0 spiro atoms. The Morgan fingerprint density at radius 3 is 2.83 bits per heavy atom. The lowest BCUT2D eigenvalue weighted by Gasteiger charge is -2.04. The van der Waals surface area contributed by atoms with Gasteiger partial charge in [-0.15, -0.1) is 0 Å². The molecule has 3 heterocycles. The average Bonchev–Trinajstić information content (AvgIpc) is 3.08. The maximum absolute atomic E-state index is 6.10. The number of allylic oxidation sites excluding steroid dienone is 4. The van der Waals surface area contributed by atoms with E-state index in [9.17, 15) is 0 Å². The number of hydrogen-bond acceptors (Lipinski definition) is 4. The molecule has 0 atom stereocenters. The van der Waals surface area contributed by atoms with Crippen LogP contribution in [0.4, 0.5) is 5.82 Å². The molecule has 0 amide bonds. The molecule has 6 nitrogen and oxygen atoms in total. The van der Waals surface area contributed by atoms with Gasteiger partial charge in [0, 0.05) is 16.5 Å². The molecule has 0 fully saturated rings. The number of rotatable bonds is 2. The number of para-hydroxylation sites is 1. The van der Waals surface area contributed by atoms with Crippen molar-refractivity contribution in [3.05, 3.63) is 60.7 Å². The molecule has 0 saturated heterocycles. The highest BCUT2D eigenvalue weighted by Gasteiger charge is 2.20. The molecular formula is C17H12N6. The van der Waals surface area contributed by atoms with Crippen LogP contribution in [0, 0.1) is 0 Å². The van der Waals surface area contributed by atoms with Crippen LogP contribution in [0.15, 0.2) is 54.9 Å². The lowest BCUT2D eigenvalue weighted by atomic mass is 10.1. The number of nitrogens with zero attached hydrogens (tertiary/aromatic N) is 4. The first-order valence-corrected chi connectivity index (χ1v) is 7.27. The summed E-state index contributed by atoms with van der Waals surface area (Å²) in [6.07, 6.45) is 7.43. The van der Waals surface area contributed by atoms with Crippen molar-refractivity contribution in [3.63, 3.8) is 0 Å². The Morgan fingerprint density at radius 1 is 1.17 bits per heavy atom. The summed E-state index contributed by atoms with van der Waals surface area (Å²) in [5, 5.41) is 5.45. The first kappa shape index (κ1) is 12.2. The van der Waals surface area contributed by atoms with Crippen molar-refractivity contribution < 1.29 is 0 Å². The molecule has 3 aromatic heterocycles. The minimum Gasteiger partial charge on any atom is -0.382 e. The Kier molecular flexibility index (Phi) is 2.27. The molecule has 4 aromatic rings. The number of anilines is 1. The normalized spacial score (nSPS) is 13.5. The van der Waals surface area contributed by atoms with Crippen LogP contribution >= 0.6 is 0 Å². The molecule has 1 aliphatic rings. The molecule has 6 heteroatoms. The van der Waals surface area contributed by atoms with Crippen molar-refractivity contribution in [2.75, 3.05) is 5.73 Å². The summed E-state index contributed by atoms with van der Waals surface area (Å²) >= 11 is 0. The van der Waals surface area contributed by atoms with Crippen molar-refractivity contribution >= 4 is 27.8 Å². The van der Waals surface area contributed by atoms with Gasteiger partial charge in [-0.3, -0.25) is 0 Å². The SMILES string of the molecule is Nc1ncnn2c(C3=CC=C3)nc(-c3cc4ccccc4[nH]3)c12. The zero-order valence-corrected chi connectivity index (χ0v) is 12.1. The van der Waals surface area contributed by atoms with E-state index >= 15 is 0 Å². The van der Waals surface area contributed by atoms with Crippen molar-refractivity contribution in [2.24, 2.45) is 0 Å². The number of H-pyrrole nitrogens is 1. The molecule has 110 valence electrons. The molecule has 1 aromatic carbocycles. The largest absolute Gasteiger partial charge is 0.382 e. The van der Waals surface area contributed by atoms with E-state index in [0.29, 0.717) is 5.82 Å². The number of fused-ring (bicyclic) bond motifs is 2. The Hall–Kier alpha value is -3.41. The summed E-state index contributed by atoms with van der Waals surface area (Å²) in [6.45, 7) is 0. The second kappa shape index (κ2) is 4.30. The number of nitrogens with two attached hydrogens (primary N) is 1. The van der Waals surface area contributed by atoms with Gasteiger partial charge in [-0.1, -0.05) is 36.4 Å². The minimum atomic E-state index is 0.413. The van der Waals surface area contributed by atoms with Crippen LogP contribution in [0.25, 0.3) is 33.4 Å². The third-order valence-corrected chi connectivity index (χ3v) is 4.06. The lowest BCUT2D eigenvalue weighted by Crippen LogP contribution is -2.02. The van der Waals surface area contributed by atoms with Gasteiger partial charge in [-0.25, -0.2) is 14.5 Å². The second-order valence-corrected chi connectivity index (χ2v) is 5.44. The van der Waals surface area contributed by atoms with E-state index in [1.54, 1.807) is 4.52 Å². The molecule has 1 aliphatic carbocycles. The van der Waals surface area contributed by atoms with Crippen LogP contribution in [0.3, 0.4) is 0 Å². The highest BCUT2D eigenvalue weighted by molar-refractivity contribution is 5.93. The highest BCUT2D eigenvalue weighted by Crippen LogP contribution is 2.32. The highest BCUT2D eigenvalue weighted by atomic mass is 15.3. The quantitative estimate of drug-likeness (QED) is 0.596. The second-order valence-electron chi connectivity index (χ2n) is 5.44. The van der Waals surface area contributed by atoms with Gasteiger partial charge < -0.3 is 10.7 Å². The van der Waals surface area contributed by atoms with Crippen molar-refractivity contribution in [1.82, 2.24) is 24.6 Å². The zero-order chi connectivity index (χ0) is 15.4. The van der Waals surface area contributed by atoms with Crippen LogP contribution in [0.2, 0.25) is 0 Å². The van der Waals surface area contributed by atoms with E-state index in [1.165, 1.54) is 6.33 Å². The Morgan fingerprint density at radius 2 is 2.04 bits per heavy atom. The van der Waals surface area contributed by atoms with Crippen LogP contribution in [0.5, 0.6) is 0 Å². The number of nitrogen functional groups attached to an aromatic ring is 1. The van der Waals surface area contributed by atoms with Gasteiger partial charge in [0.25, 0.3) is 0 Å². The molecule has 0 bridgehead atoms. The van der Waals surface area contributed by atoms with Gasteiger partial charge in [-0.2, -0.15) is 5.10 Å². The fraction of sp³-hybridized carbons (Fsp3) is 0. The number of hydrogen-bond donors (Lipinski definition) is 2. The molecule has 23 heavy (non-hydrogen) atoms. The number of nitrogens with one attached hydrogen (secondary N) is 1. The summed E-state index contributed by atoms with van der Waals surface area (Å²) in [5.74, 6) is 1.18. The van der Waals surface area contributed by atoms with Crippen molar-refractivity contribution in [3.8, 4) is 11.4 Å². The zero-order valence-electron chi connectivity index (χ0n) is 12.1. The number of imidazole rings is 1. The first-order chi connectivity index (χ1) is 11.3. The van der Waals surface area contributed by atoms with Gasteiger partial charge in [-0.05, 0) is 12.1 Å². The predicted molar refractivity (Wildman–Crippen MR) is 89.6 cm³/mol. The third kappa shape index (κ3) is 1.66. The monoisotopic (exact) mass is 300 g/mol. The van der Waals surface area contributed by atoms with Gasteiger partial charge in [0.2, 0.25) is 0 Å². The molecule has 0 aliphatic heterocycles. The standard InChI is InChI=1S/C17H12N6/c18-16-15-14(13-8-11-4-1-2-7-12(11)21-13)22-17(10-5-3-6-10)23(15)20-9-19-16/h1-9,21H,(H2,18,19,20). The van der Waals surface area contributed by atoms with E-state index in [1.807, 2.05) is 36.4 Å². The Balaban J connectivity index is 1.83. The van der Waals surface area contributed by atoms with Gasteiger partial charge >= 0.3 is 0 Å². The molecule has 5 rings (SSSR count). The summed E-state index contributed by atoms with van der Waals surface area (Å²) in [7, 11) is 0. The first-order valence-electron chi connectivity index (χ1n) is 7.27. The van der Waals surface area contributed by atoms with E-state index in [2.05, 4.69) is 27.2 Å². The van der Waals surface area contributed by atoms with E-state index in [0.717, 1.165) is 39.2 Å². The number of aromatic amines is 1. The molecule has 0 saturated carbocycles. The van der Waals surface area contributed by atoms with Crippen LogP contribution < -0.4 is 5.73 Å². The fourth-order valence-corrected chi connectivity index (χ4v) is 2.87. The maximum atomic E-state index is 6.10. The summed E-state index contributed by atoms with van der Waals surface area (Å²) in [6, 6.07) is 10.2. The molecular weight excluding hydrogens is 288 g/mol. The van der Waals surface area contributed by atoms with Gasteiger partial charge in [0.1, 0.15) is 17.5 Å². The van der Waals surface area contributed by atoms with Gasteiger partial charge in [0.15, 0.2) is 11.6 Å². The predicted octanol–water partition coefficient (Wildman–Crippen LogP) is 2.81. The Bertz CT molecular complexity index is 1100. The lowest BCUT2D eigenvalue weighted by molar-refractivity contribution is 0.880. The third-order valence-electron chi connectivity index (χ3n) is 4.06. The van der Waals surface area contributed by atoms with Crippen LogP contribution in [0.1, 0.15) is 5.82 Å². The van der Waals surface area contributed by atoms with E-state index in [-0.39, 0.29) is 0 Å². The number of benzene rings is 1. The van der Waals surface area contributed by atoms with Crippen molar-refractivity contribution in [1.29, 1.82) is 0 Å². The summed E-state index contributed by atoms with van der Waals surface area (Å²) < 4.78 is 1.75. The minimum absolute atomic E-state index is 0.413. The maximum Gasteiger partial charge on any atom is 0.162 e. The number of aromatic nitrogens is 5. The fourth-order valence-electron chi connectivity index (χ4n) is 2.87. The van der Waals surface area contributed by atoms with Crippen molar-refractivity contribution in [2.45, 2.75) is 0 Å². The Labute approximate surface area is 131 Å². The van der Waals surface area contributed by atoms with E-state index < -0.39 is 0 Å². The summed E-state index contributed by atoms with van der Waals surface area (Å²) in [5.41, 5.74) is 10.6. The molecule has 0 unspecified atom stereocenters. The average molecular weight is 300 g/mol. The molecule has 3 N–H and O–H groups in total. The topological polar surface area (TPSA) is 84.9 Å².